The maximum absolute atomic E-state index is 14.2. The smallest absolute Gasteiger partial charge is 0.271 e. The summed E-state index contributed by atoms with van der Waals surface area (Å²) in [7, 11) is 0. The van der Waals surface area contributed by atoms with Crippen LogP contribution in [0.15, 0.2) is 54.9 Å². The molecule has 2 heterocycles. The van der Waals surface area contributed by atoms with Gasteiger partial charge >= 0.3 is 0 Å². The van der Waals surface area contributed by atoms with Crippen LogP contribution in [0, 0.1) is 5.82 Å². The lowest BCUT2D eigenvalue weighted by Gasteiger charge is -2.09. The van der Waals surface area contributed by atoms with Gasteiger partial charge in [-0.1, -0.05) is 29.3 Å². The third-order valence-corrected chi connectivity index (χ3v) is 3.85. The van der Waals surface area contributed by atoms with Crippen LogP contribution < -0.4 is 10.1 Å². The summed E-state index contributed by atoms with van der Waals surface area (Å²) in [4.78, 5) is 19.9. The first-order valence-corrected chi connectivity index (χ1v) is 8.25. The van der Waals surface area contributed by atoms with Crippen molar-refractivity contribution in [3.63, 3.8) is 0 Å². The molecule has 3 rings (SSSR count). The van der Waals surface area contributed by atoms with Gasteiger partial charge in [0.1, 0.15) is 16.6 Å². The molecule has 3 aromatic rings. The molecule has 26 heavy (non-hydrogen) atoms. The van der Waals surface area contributed by atoms with E-state index in [4.69, 9.17) is 27.9 Å². The molecule has 0 unspecified atom stereocenters. The molecule has 1 N–H and O–H groups in total. The molecule has 0 aliphatic heterocycles. The first-order valence-electron chi connectivity index (χ1n) is 7.49. The van der Waals surface area contributed by atoms with Gasteiger partial charge in [0.2, 0.25) is 0 Å². The predicted octanol–water partition coefficient (Wildman–Crippen LogP) is 4.64. The molecule has 0 atom stereocenters. The lowest BCUT2D eigenvalue weighted by atomic mass is 10.2. The van der Waals surface area contributed by atoms with Crippen LogP contribution in [0.25, 0.3) is 0 Å². The molecule has 1 aromatic carbocycles. The highest BCUT2D eigenvalue weighted by atomic mass is 35.5. The van der Waals surface area contributed by atoms with Crippen molar-refractivity contribution in [3.05, 3.63) is 82.1 Å². The van der Waals surface area contributed by atoms with E-state index in [-0.39, 0.29) is 28.2 Å². The number of halogens is 3. The molecule has 0 bridgehead atoms. The van der Waals surface area contributed by atoms with Gasteiger partial charge in [-0.05, 0) is 42.0 Å². The number of ether oxygens (including phenoxy) is 1. The van der Waals surface area contributed by atoms with Gasteiger partial charge in [0.05, 0.1) is 11.2 Å². The summed E-state index contributed by atoms with van der Waals surface area (Å²) in [6.45, 7) is 0.0907. The Morgan fingerprint density at radius 2 is 2.04 bits per heavy atom. The van der Waals surface area contributed by atoms with Gasteiger partial charge in [0, 0.05) is 12.7 Å². The Kier molecular flexibility index (Phi) is 5.65. The van der Waals surface area contributed by atoms with Crippen molar-refractivity contribution in [1.82, 2.24) is 15.3 Å². The van der Waals surface area contributed by atoms with Crippen LogP contribution in [0.1, 0.15) is 16.1 Å². The predicted molar refractivity (Wildman–Crippen MR) is 96.1 cm³/mol. The number of carbonyl (C=O) groups excluding carboxylic acids is 1. The highest BCUT2D eigenvalue weighted by Gasteiger charge is 2.13. The van der Waals surface area contributed by atoms with Crippen LogP contribution in [0.4, 0.5) is 4.39 Å². The lowest BCUT2D eigenvalue weighted by Crippen LogP contribution is -2.24. The number of benzene rings is 1. The second-order valence-corrected chi connectivity index (χ2v) is 6.00. The van der Waals surface area contributed by atoms with E-state index in [0.29, 0.717) is 11.3 Å². The van der Waals surface area contributed by atoms with Gasteiger partial charge in [0.15, 0.2) is 11.6 Å². The Balaban J connectivity index is 1.66. The molecular formula is C18H12Cl2FN3O2. The third-order valence-electron chi connectivity index (χ3n) is 3.34. The van der Waals surface area contributed by atoms with Crippen molar-refractivity contribution >= 4 is 29.1 Å². The van der Waals surface area contributed by atoms with Crippen LogP contribution >= 0.6 is 23.2 Å². The van der Waals surface area contributed by atoms with E-state index in [2.05, 4.69) is 15.3 Å². The monoisotopic (exact) mass is 391 g/mol. The molecule has 5 nitrogen and oxygen atoms in total. The van der Waals surface area contributed by atoms with Crippen molar-refractivity contribution in [2.75, 3.05) is 0 Å². The number of pyridine rings is 2. The second kappa shape index (κ2) is 8.12. The first-order chi connectivity index (χ1) is 12.5. The molecular weight excluding hydrogens is 380 g/mol. The Hall–Kier alpha value is -2.70. The molecule has 1 amide bonds. The van der Waals surface area contributed by atoms with E-state index >= 15 is 0 Å². The maximum Gasteiger partial charge on any atom is 0.271 e. The Morgan fingerprint density at radius 3 is 2.77 bits per heavy atom. The zero-order chi connectivity index (χ0) is 18.5. The molecule has 2 aromatic heterocycles. The van der Waals surface area contributed by atoms with Gasteiger partial charge in [-0.15, -0.1) is 0 Å². The molecule has 132 valence electrons. The van der Waals surface area contributed by atoms with Crippen LogP contribution in [0.3, 0.4) is 0 Å². The summed E-state index contributed by atoms with van der Waals surface area (Å²) in [5, 5.41) is 2.95. The van der Waals surface area contributed by atoms with Crippen molar-refractivity contribution in [3.8, 4) is 11.5 Å². The fourth-order valence-electron chi connectivity index (χ4n) is 2.12. The quantitative estimate of drug-likeness (QED) is 0.643. The number of nitrogens with one attached hydrogen (secondary N) is 1. The third kappa shape index (κ3) is 4.47. The van der Waals surface area contributed by atoms with E-state index in [1.807, 2.05) is 0 Å². The lowest BCUT2D eigenvalue weighted by molar-refractivity contribution is 0.0946. The Bertz CT molecular complexity index is 939. The number of hydrogen-bond donors (Lipinski definition) is 1. The fourth-order valence-corrected chi connectivity index (χ4v) is 2.45. The summed E-state index contributed by atoms with van der Waals surface area (Å²) < 4.78 is 19.6. The van der Waals surface area contributed by atoms with E-state index in [1.165, 1.54) is 30.5 Å². The van der Waals surface area contributed by atoms with Crippen molar-refractivity contribution < 1.29 is 13.9 Å². The number of hydrogen-bond acceptors (Lipinski definition) is 4. The summed E-state index contributed by atoms with van der Waals surface area (Å²) >= 11 is 11.7. The van der Waals surface area contributed by atoms with Gasteiger partial charge in [-0.25, -0.2) is 9.37 Å². The van der Waals surface area contributed by atoms with E-state index in [1.54, 1.807) is 24.4 Å². The molecule has 0 aliphatic rings. The highest BCUT2D eigenvalue weighted by Crippen LogP contribution is 2.24. The van der Waals surface area contributed by atoms with E-state index in [9.17, 15) is 9.18 Å². The summed E-state index contributed by atoms with van der Waals surface area (Å²) in [6, 6.07) is 10.7. The van der Waals surface area contributed by atoms with Crippen molar-refractivity contribution in [2.45, 2.75) is 6.54 Å². The average Bonchev–Trinajstić information content (AvgIpc) is 2.64. The largest absolute Gasteiger partial charge is 0.453 e. The maximum atomic E-state index is 14.2. The minimum atomic E-state index is -0.556. The SMILES string of the molecule is O=C(NCc1ccc(Oc2cccnc2)c(F)c1)c1nc(Cl)ccc1Cl. The zero-order valence-electron chi connectivity index (χ0n) is 13.2. The summed E-state index contributed by atoms with van der Waals surface area (Å²) in [5.41, 5.74) is 0.559. The molecule has 0 spiro atoms. The second-order valence-electron chi connectivity index (χ2n) is 5.20. The van der Waals surface area contributed by atoms with Crippen molar-refractivity contribution in [2.24, 2.45) is 0 Å². The summed E-state index contributed by atoms with van der Waals surface area (Å²) in [5.74, 6) is -0.574. The molecule has 8 heteroatoms. The fraction of sp³-hybridized carbons (Fsp3) is 0.0556. The van der Waals surface area contributed by atoms with Gasteiger partial charge in [-0.2, -0.15) is 0 Å². The highest BCUT2D eigenvalue weighted by molar-refractivity contribution is 6.34. The van der Waals surface area contributed by atoms with Gasteiger partial charge < -0.3 is 10.1 Å². The van der Waals surface area contributed by atoms with Crippen LogP contribution in [-0.4, -0.2) is 15.9 Å². The number of nitrogens with zero attached hydrogens (tertiary/aromatic N) is 2. The number of amides is 1. The van der Waals surface area contributed by atoms with E-state index in [0.717, 1.165) is 0 Å². The Morgan fingerprint density at radius 1 is 1.19 bits per heavy atom. The van der Waals surface area contributed by atoms with Gasteiger partial charge in [-0.3, -0.25) is 9.78 Å². The van der Waals surface area contributed by atoms with E-state index < -0.39 is 11.7 Å². The summed E-state index contributed by atoms with van der Waals surface area (Å²) in [6.07, 6.45) is 3.07. The van der Waals surface area contributed by atoms with Crippen LogP contribution in [-0.2, 0) is 6.54 Å². The number of rotatable bonds is 5. The topological polar surface area (TPSA) is 64.1 Å². The zero-order valence-corrected chi connectivity index (χ0v) is 14.8. The van der Waals surface area contributed by atoms with Crippen LogP contribution in [0.5, 0.6) is 11.5 Å². The molecule has 0 saturated heterocycles. The standard InChI is InChI=1S/C18H12Cl2FN3O2/c19-13-4-6-16(20)24-17(13)18(25)23-9-11-3-5-15(14(21)8-11)26-12-2-1-7-22-10-12/h1-8,10H,9H2,(H,23,25). The molecule has 0 fully saturated rings. The number of aromatic nitrogens is 2. The first kappa shape index (κ1) is 18.1. The molecule has 0 saturated carbocycles. The van der Waals surface area contributed by atoms with Crippen LogP contribution in [0.2, 0.25) is 10.2 Å². The Labute approximate surface area is 158 Å². The normalized spacial score (nSPS) is 10.4. The molecule has 0 radical (unpaired) electrons. The van der Waals surface area contributed by atoms with Gasteiger partial charge in [0.25, 0.3) is 5.91 Å². The minimum absolute atomic E-state index is 0.0103. The average molecular weight is 392 g/mol. The minimum Gasteiger partial charge on any atom is -0.453 e. The number of carbonyl (C=O) groups is 1. The van der Waals surface area contributed by atoms with Crippen molar-refractivity contribution in [1.29, 1.82) is 0 Å². The molecule has 0 aliphatic carbocycles.